The number of nitrogens with zero attached hydrogens (tertiary/aromatic N) is 2. The molecule has 1 saturated carbocycles. The number of anilines is 2. The summed E-state index contributed by atoms with van der Waals surface area (Å²) in [4.78, 5) is 7.99. The van der Waals surface area contributed by atoms with Gasteiger partial charge in [-0.2, -0.15) is 0 Å². The standard InChI is InChI=1S/C10H16N4O/c1-15-8-9(11)13-6-14-10(8)12-5-7-3-2-4-7/h6-7H,2-5H2,1H3,(H3,11,12,13,14). The lowest BCUT2D eigenvalue weighted by molar-refractivity contribution is 0.332. The van der Waals surface area contributed by atoms with Crippen LogP contribution in [0.15, 0.2) is 6.33 Å². The fourth-order valence-corrected chi connectivity index (χ4v) is 1.65. The number of nitrogens with one attached hydrogen (secondary N) is 1. The lowest BCUT2D eigenvalue weighted by Gasteiger charge is -2.25. The molecule has 1 heterocycles. The van der Waals surface area contributed by atoms with Gasteiger partial charge in [-0.25, -0.2) is 9.97 Å². The van der Waals surface area contributed by atoms with E-state index in [4.69, 9.17) is 10.5 Å². The molecular formula is C10H16N4O. The molecule has 82 valence electrons. The summed E-state index contributed by atoms with van der Waals surface area (Å²) in [5.74, 6) is 2.38. The van der Waals surface area contributed by atoms with Crippen LogP contribution in [0, 0.1) is 5.92 Å². The maximum atomic E-state index is 5.67. The molecule has 5 nitrogen and oxygen atoms in total. The Morgan fingerprint density at radius 1 is 1.53 bits per heavy atom. The zero-order valence-electron chi connectivity index (χ0n) is 8.86. The van der Waals surface area contributed by atoms with Crippen molar-refractivity contribution < 1.29 is 4.74 Å². The first-order valence-electron chi connectivity index (χ1n) is 5.19. The van der Waals surface area contributed by atoms with Crippen molar-refractivity contribution in [3.63, 3.8) is 0 Å². The third-order valence-corrected chi connectivity index (χ3v) is 2.82. The van der Waals surface area contributed by atoms with Gasteiger partial charge in [0.1, 0.15) is 6.33 Å². The zero-order valence-corrected chi connectivity index (χ0v) is 8.86. The SMILES string of the molecule is COc1c(N)ncnc1NCC1CCC1. The number of ether oxygens (including phenoxy) is 1. The number of methoxy groups -OCH3 is 1. The van der Waals surface area contributed by atoms with Crippen molar-refractivity contribution in [3.05, 3.63) is 6.33 Å². The number of hydrogen-bond donors (Lipinski definition) is 2. The van der Waals surface area contributed by atoms with Crippen molar-refractivity contribution >= 4 is 11.6 Å². The molecule has 15 heavy (non-hydrogen) atoms. The predicted molar refractivity (Wildman–Crippen MR) is 58.8 cm³/mol. The Labute approximate surface area is 89.1 Å². The summed E-state index contributed by atoms with van der Waals surface area (Å²) in [6, 6.07) is 0. The van der Waals surface area contributed by atoms with Gasteiger partial charge in [0.25, 0.3) is 0 Å². The highest BCUT2D eigenvalue weighted by atomic mass is 16.5. The van der Waals surface area contributed by atoms with Crippen LogP contribution < -0.4 is 15.8 Å². The molecule has 1 aliphatic rings. The van der Waals surface area contributed by atoms with E-state index < -0.39 is 0 Å². The van der Waals surface area contributed by atoms with E-state index in [1.807, 2.05) is 0 Å². The topological polar surface area (TPSA) is 73.1 Å². The first kappa shape index (κ1) is 10.0. The second-order valence-corrected chi connectivity index (χ2v) is 3.82. The molecule has 1 aliphatic carbocycles. The Bertz CT molecular complexity index is 338. The molecule has 1 fully saturated rings. The Kier molecular flexibility index (Phi) is 2.89. The maximum Gasteiger partial charge on any atom is 0.203 e. The zero-order chi connectivity index (χ0) is 10.7. The van der Waals surface area contributed by atoms with E-state index in [0.29, 0.717) is 17.4 Å². The smallest absolute Gasteiger partial charge is 0.203 e. The largest absolute Gasteiger partial charge is 0.490 e. The molecule has 0 unspecified atom stereocenters. The number of nitrogens with two attached hydrogens (primary N) is 1. The normalized spacial score (nSPS) is 15.8. The van der Waals surface area contributed by atoms with Gasteiger partial charge in [-0.3, -0.25) is 0 Å². The highest BCUT2D eigenvalue weighted by Gasteiger charge is 2.18. The van der Waals surface area contributed by atoms with E-state index in [0.717, 1.165) is 12.5 Å². The van der Waals surface area contributed by atoms with Crippen molar-refractivity contribution in [2.75, 3.05) is 24.7 Å². The molecule has 0 aliphatic heterocycles. The van der Waals surface area contributed by atoms with E-state index >= 15 is 0 Å². The fourth-order valence-electron chi connectivity index (χ4n) is 1.65. The average molecular weight is 208 g/mol. The van der Waals surface area contributed by atoms with Crippen LogP contribution in [-0.2, 0) is 0 Å². The van der Waals surface area contributed by atoms with E-state index in [2.05, 4.69) is 15.3 Å². The predicted octanol–water partition coefficient (Wildman–Crippen LogP) is 1.28. The monoisotopic (exact) mass is 208 g/mol. The summed E-state index contributed by atoms with van der Waals surface area (Å²) in [7, 11) is 1.57. The van der Waals surface area contributed by atoms with Gasteiger partial charge < -0.3 is 15.8 Å². The first-order valence-corrected chi connectivity index (χ1v) is 5.19. The number of nitrogen functional groups attached to an aromatic ring is 1. The number of rotatable bonds is 4. The summed E-state index contributed by atoms with van der Waals surface area (Å²) in [5, 5.41) is 3.25. The third kappa shape index (κ3) is 2.11. The molecule has 1 aromatic heterocycles. The van der Waals surface area contributed by atoms with Crippen LogP contribution in [0.4, 0.5) is 11.6 Å². The number of hydrogen-bond acceptors (Lipinski definition) is 5. The average Bonchev–Trinajstić information content (AvgIpc) is 2.15. The molecule has 5 heteroatoms. The summed E-state index contributed by atoms with van der Waals surface area (Å²) in [6.07, 6.45) is 5.39. The Hall–Kier alpha value is -1.52. The van der Waals surface area contributed by atoms with Crippen LogP contribution in [0.5, 0.6) is 5.75 Å². The Morgan fingerprint density at radius 3 is 2.93 bits per heavy atom. The van der Waals surface area contributed by atoms with Crippen LogP contribution in [0.1, 0.15) is 19.3 Å². The highest BCUT2D eigenvalue weighted by Crippen LogP contribution is 2.29. The molecule has 3 N–H and O–H groups in total. The van der Waals surface area contributed by atoms with E-state index in [-0.39, 0.29) is 0 Å². The summed E-state index contributed by atoms with van der Waals surface area (Å²) in [5.41, 5.74) is 5.67. The summed E-state index contributed by atoms with van der Waals surface area (Å²) in [6.45, 7) is 0.937. The molecule has 0 saturated heterocycles. The molecule has 0 bridgehead atoms. The van der Waals surface area contributed by atoms with Crippen LogP contribution in [0.3, 0.4) is 0 Å². The lowest BCUT2D eigenvalue weighted by Crippen LogP contribution is -2.21. The van der Waals surface area contributed by atoms with Crippen molar-refractivity contribution in [2.45, 2.75) is 19.3 Å². The lowest BCUT2D eigenvalue weighted by atomic mass is 9.85. The molecule has 1 aromatic rings. The van der Waals surface area contributed by atoms with Gasteiger partial charge >= 0.3 is 0 Å². The number of aromatic nitrogens is 2. The Balaban J connectivity index is 2.02. The molecule has 0 aromatic carbocycles. The van der Waals surface area contributed by atoms with Crippen LogP contribution in [0.25, 0.3) is 0 Å². The minimum absolute atomic E-state index is 0.378. The highest BCUT2D eigenvalue weighted by molar-refractivity contribution is 5.61. The van der Waals surface area contributed by atoms with Crippen LogP contribution in [0.2, 0.25) is 0 Å². The maximum absolute atomic E-state index is 5.67. The van der Waals surface area contributed by atoms with Crippen molar-refractivity contribution in [3.8, 4) is 5.75 Å². The van der Waals surface area contributed by atoms with Crippen molar-refractivity contribution in [1.29, 1.82) is 0 Å². The molecule has 2 rings (SSSR count). The Morgan fingerprint density at radius 2 is 2.33 bits per heavy atom. The minimum atomic E-state index is 0.378. The molecule has 0 atom stereocenters. The third-order valence-electron chi connectivity index (χ3n) is 2.82. The van der Waals surface area contributed by atoms with Gasteiger partial charge in [0.05, 0.1) is 7.11 Å². The van der Waals surface area contributed by atoms with Gasteiger partial charge in [-0.1, -0.05) is 6.42 Å². The molecule has 0 spiro atoms. The van der Waals surface area contributed by atoms with Gasteiger partial charge in [-0.15, -0.1) is 0 Å². The van der Waals surface area contributed by atoms with Crippen molar-refractivity contribution in [1.82, 2.24) is 9.97 Å². The van der Waals surface area contributed by atoms with Gasteiger partial charge in [0.2, 0.25) is 5.75 Å². The summed E-state index contributed by atoms with van der Waals surface area (Å²) >= 11 is 0. The fraction of sp³-hybridized carbons (Fsp3) is 0.600. The second-order valence-electron chi connectivity index (χ2n) is 3.82. The quantitative estimate of drug-likeness (QED) is 0.779. The van der Waals surface area contributed by atoms with Crippen LogP contribution in [-0.4, -0.2) is 23.6 Å². The molecular weight excluding hydrogens is 192 g/mol. The van der Waals surface area contributed by atoms with Gasteiger partial charge in [0, 0.05) is 6.54 Å². The summed E-state index contributed by atoms with van der Waals surface area (Å²) < 4.78 is 5.15. The van der Waals surface area contributed by atoms with E-state index in [9.17, 15) is 0 Å². The molecule has 0 radical (unpaired) electrons. The van der Waals surface area contributed by atoms with E-state index in [1.54, 1.807) is 7.11 Å². The van der Waals surface area contributed by atoms with Gasteiger partial charge in [-0.05, 0) is 18.8 Å². The van der Waals surface area contributed by atoms with Crippen LogP contribution >= 0.6 is 0 Å². The van der Waals surface area contributed by atoms with E-state index in [1.165, 1.54) is 25.6 Å². The molecule has 0 amide bonds. The second kappa shape index (κ2) is 4.33. The minimum Gasteiger partial charge on any atom is -0.490 e. The van der Waals surface area contributed by atoms with Gasteiger partial charge in [0.15, 0.2) is 11.6 Å². The van der Waals surface area contributed by atoms with Crippen molar-refractivity contribution in [2.24, 2.45) is 5.92 Å². The first-order chi connectivity index (χ1) is 7.31.